The molecule has 6 heterocycles. The number of cyclic esters (lactones) is 1. The Kier molecular flexibility index (Phi) is 9.38. The normalized spacial score (nSPS) is 16.3. The summed E-state index contributed by atoms with van der Waals surface area (Å²) in [5, 5.41) is 39.7. The van der Waals surface area contributed by atoms with Crippen LogP contribution in [0, 0.1) is 6.92 Å². The average molecular weight is 797 g/mol. The van der Waals surface area contributed by atoms with Crippen LogP contribution in [0.5, 0.6) is 17.2 Å². The van der Waals surface area contributed by atoms with E-state index < -0.39 is 18.2 Å². The van der Waals surface area contributed by atoms with E-state index in [1.165, 1.54) is 6.07 Å². The number of amides is 1. The van der Waals surface area contributed by atoms with Gasteiger partial charge in [0.15, 0.2) is 0 Å². The van der Waals surface area contributed by atoms with E-state index in [0.29, 0.717) is 79.4 Å². The molecule has 3 aliphatic heterocycles. The molecular weight excluding hydrogens is 753 g/mol. The molecule has 59 heavy (non-hydrogen) atoms. The number of aromatic nitrogens is 4. The average Bonchev–Trinajstić information content (AvgIpc) is 3.78. The van der Waals surface area contributed by atoms with Gasteiger partial charge in [0.2, 0.25) is 6.10 Å². The minimum Gasteiger partial charge on any atom is -0.508 e. The number of ether oxygens (including phenoxy) is 2. The number of benzene rings is 3. The Morgan fingerprint density at radius 3 is 2.44 bits per heavy atom. The highest BCUT2D eigenvalue weighted by atomic mass is 16.6. The Morgan fingerprint density at radius 2 is 1.71 bits per heavy atom. The monoisotopic (exact) mass is 796 g/mol. The van der Waals surface area contributed by atoms with E-state index in [1.807, 2.05) is 39.8 Å². The molecule has 14 nitrogen and oxygen atoms in total. The summed E-state index contributed by atoms with van der Waals surface area (Å²) in [5.74, 6) is -0.542. The molecule has 0 radical (unpaired) electrons. The fourth-order valence-electron chi connectivity index (χ4n) is 8.72. The number of H-pyrrole nitrogens is 1. The highest BCUT2D eigenvalue weighted by Gasteiger charge is 2.39. The number of nitrogens with one attached hydrogen (secondary N) is 1. The number of rotatable bonds is 7. The van der Waals surface area contributed by atoms with Crippen LogP contribution in [0.2, 0.25) is 0 Å². The number of piperazine rings is 1. The van der Waals surface area contributed by atoms with Crippen molar-refractivity contribution in [2.24, 2.45) is 0 Å². The molecule has 1 saturated heterocycles. The third-order valence-electron chi connectivity index (χ3n) is 11.9. The SMILES string of the molecule is CCc1c2c(nc3ccc(O)cc13)-c1cc3c(c(=O)n1C2)COC(=O)C3OC(=O)N1CCN(Cc2ccc(-c3c(-c4cc(C(C)C)c(O)cc4O)n[nH]c3C)cc2)CC1. The number of nitrogens with zero attached hydrogens (tertiary/aromatic N) is 5. The van der Waals surface area contributed by atoms with Crippen LogP contribution in [-0.4, -0.2) is 83.1 Å². The molecule has 0 saturated carbocycles. The van der Waals surface area contributed by atoms with Gasteiger partial charge in [-0.3, -0.25) is 14.8 Å². The zero-order chi connectivity index (χ0) is 41.3. The molecule has 3 aromatic carbocycles. The van der Waals surface area contributed by atoms with Gasteiger partial charge in [-0.15, -0.1) is 0 Å². The van der Waals surface area contributed by atoms with Crippen molar-refractivity contribution < 1.29 is 34.4 Å². The third kappa shape index (κ3) is 6.53. The Balaban J connectivity index is 0.880. The molecule has 4 N–H and O–H groups in total. The van der Waals surface area contributed by atoms with Crippen molar-refractivity contribution in [3.63, 3.8) is 0 Å². The molecule has 1 amide bonds. The van der Waals surface area contributed by atoms with Gasteiger partial charge in [-0.05, 0) is 71.8 Å². The Labute approximate surface area is 339 Å². The molecule has 1 fully saturated rings. The van der Waals surface area contributed by atoms with Crippen molar-refractivity contribution in [1.29, 1.82) is 0 Å². The Bertz CT molecular complexity index is 2750. The number of carbonyl (C=O) groups excluding carboxylic acids is 2. The summed E-state index contributed by atoms with van der Waals surface area (Å²) in [4.78, 5) is 49.3. The minimum atomic E-state index is -1.40. The second-order valence-electron chi connectivity index (χ2n) is 15.8. The number of phenols is 3. The number of fused-ring (bicyclic) bond motifs is 5. The molecule has 0 spiro atoms. The fourth-order valence-corrected chi connectivity index (χ4v) is 8.72. The first-order valence-electron chi connectivity index (χ1n) is 19.9. The number of hydrogen-bond acceptors (Lipinski definition) is 11. The van der Waals surface area contributed by atoms with E-state index in [1.54, 1.807) is 39.8 Å². The van der Waals surface area contributed by atoms with E-state index >= 15 is 0 Å². The number of esters is 1. The minimum absolute atomic E-state index is 0.0475. The molecule has 9 rings (SSSR count). The lowest BCUT2D eigenvalue weighted by Gasteiger charge is -2.35. The Morgan fingerprint density at radius 1 is 0.949 bits per heavy atom. The quantitative estimate of drug-likeness (QED) is 0.127. The number of pyridine rings is 2. The standard InChI is InChI=1S/C45H44N6O8/c1-5-28-30-16-27(52)10-11-35(30)46-40-33(28)21-51-36(40)18-31-34(43(51)55)22-58-44(56)42(31)59-45(57)50-14-12-49(13-15-50)20-25-6-8-26(9-7-25)39-24(4)47-48-41(39)32-17-29(23(2)3)37(53)19-38(32)54/h6-11,16-19,23,42,52-54H,5,12-15,20-22H2,1-4H3,(H,47,48). The van der Waals surface area contributed by atoms with Gasteiger partial charge in [0.1, 0.15) is 29.5 Å². The molecule has 302 valence electrons. The summed E-state index contributed by atoms with van der Waals surface area (Å²) in [6.45, 7) is 10.6. The maximum Gasteiger partial charge on any atom is 0.411 e. The van der Waals surface area contributed by atoms with E-state index in [4.69, 9.17) is 14.5 Å². The summed E-state index contributed by atoms with van der Waals surface area (Å²) < 4.78 is 12.9. The van der Waals surface area contributed by atoms with Gasteiger partial charge >= 0.3 is 12.1 Å². The number of hydrogen-bond donors (Lipinski definition) is 4. The van der Waals surface area contributed by atoms with Gasteiger partial charge in [0, 0.05) is 72.1 Å². The molecule has 6 aromatic rings. The fraction of sp³-hybridized carbons (Fsp3) is 0.311. The van der Waals surface area contributed by atoms with Gasteiger partial charge < -0.3 is 34.3 Å². The largest absolute Gasteiger partial charge is 0.508 e. The lowest BCUT2D eigenvalue weighted by Crippen LogP contribution is -2.49. The van der Waals surface area contributed by atoms with Crippen molar-refractivity contribution in [3.05, 3.63) is 110 Å². The summed E-state index contributed by atoms with van der Waals surface area (Å²) in [6, 6.07) is 18.1. The van der Waals surface area contributed by atoms with Crippen molar-refractivity contribution in [2.75, 3.05) is 26.2 Å². The molecule has 3 aliphatic rings. The summed E-state index contributed by atoms with van der Waals surface area (Å²) >= 11 is 0. The molecule has 3 aromatic heterocycles. The highest BCUT2D eigenvalue weighted by Crippen LogP contribution is 2.43. The third-order valence-corrected chi connectivity index (χ3v) is 11.9. The number of carbonyl (C=O) groups is 2. The van der Waals surface area contributed by atoms with Crippen LogP contribution in [0.1, 0.15) is 71.9 Å². The molecule has 0 aliphatic carbocycles. The molecule has 14 heteroatoms. The van der Waals surface area contributed by atoms with Crippen molar-refractivity contribution in [3.8, 4) is 51.0 Å². The molecule has 1 atom stereocenters. The first kappa shape index (κ1) is 37.9. The summed E-state index contributed by atoms with van der Waals surface area (Å²) in [5.41, 5.74) is 9.57. The van der Waals surface area contributed by atoms with Gasteiger partial charge in [-0.25, -0.2) is 14.6 Å². The maximum absolute atomic E-state index is 13.9. The predicted molar refractivity (Wildman–Crippen MR) is 219 cm³/mol. The van der Waals surface area contributed by atoms with Crippen molar-refractivity contribution in [2.45, 2.75) is 65.8 Å². The lowest BCUT2D eigenvalue weighted by molar-refractivity contribution is -0.158. The lowest BCUT2D eigenvalue weighted by atomic mass is 9.94. The number of phenolic OH excluding ortho intramolecular Hbond substituents is 3. The van der Waals surface area contributed by atoms with E-state index in [2.05, 4.69) is 27.2 Å². The first-order chi connectivity index (χ1) is 28.4. The smallest absolute Gasteiger partial charge is 0.411 e. The second kappa shape index (κ2) is 14.6. The second-order valence-corrected chi connectivity index (χ2v) is 15.8. The summed E-state index contributed by atoms with van der Waals surface area (Å²) in [7, 11) is 0. The number of aryl methyl sites for hydroxylation is 2. The van der Waals surface area contributed by atoms with Crippen LogP contribution in [0.25, 0.3) is 44.7 Å². The molecule has 0 bridgehead atoms. The maximum atomic E-state index is 13.9. The highest BCUT2D eigenvalue weighted by molar-refractivity contribution is 5.90. The van der Waals surface area contributed by atoms with Crippen LogP contribution < -0.4 is 5.56 Å². The predicted octanol–water partition coefficient (Wildman–Crippen LogP) is 6.65. The van der Waals surface area contributed by atoms with Crippen LogP contribution in [0.3, 0.4) is 0 Å². The summed E-state index contributed by atoms with van der Waals surface area (Å²) in [6.07, 6.45) is -1.40. The molecular formula is C45H44N6O8. The van der Waals surface area contributed by atoms with E-state index in [0.717, 1.165) is 44.5 Å². The number of aromatic hydroxyl groups is 3. The number of aromatic amines is 1. The topological polar surface area (TPSA) is 183 Å². The van der Waals surface area contributed by atoms with Gasteiger partial charge in [-0.2, -0.15) is 5.10 Å². The van der Waals surface area contributed by atoms with Gasteiger partial charge in [0.05, 0.1) is 29.0 Å². The first-order valence-corrected chi connectivity index (χ1v) is 19.9. The van der Waals surface area contributed by atoms with E-state index in [-0.39, 0.29) is 40.9 Å². The van der Waals surface area contributed by atoms with Crippen LogP contribution in [0.4, 0.5) is 4.79 Å². The van der Waals surface area contributed by atoms with Gasteiger partial charge in [0.25, 0.3) is 5.56 Å². The van der Waals surface area contributed by atoms with E-state index in [9.17, 15) is 29.7 Å². The van der Waals surface area contributed by atoms with Crippen molar-refractivity contribution in [1.82, 2.24) is 29.5 Å². The van der Waals surface area contributed by atoms with Gasteiger partial charge in [-0.1, -0.05) is 45.0 Å². The zero-order valence-corrected chi connectivity index (χ0v) is 33.2. The zero-order valence-electron chi connectivity index (χ0n) is 33.2. The van der Waals surface area contributed by atoms with Crippen LogP contribution >= 0.6 is 0 Å². The Hall–Kier alpha value is -6.67. The van der Waals surface area contributed by atoms with Crippen molar-refractivity contribution >= 4 is 23.0 Å². The van der Waals surface area contributed by atoms with Crippen LogP contribution in [-0.2, 0) is 40.4 Å². The van der Waals surface area contributed by atoms with Crippen LogP contribution in [0.15, 0.2) is 65.5 Å². The molecule has 1 unspecified atom stereocenters.